The van der Waals surface area contributed by atoms with Crippen molar-refractivity contribution in [3.63, 3.8) is 0 Å². The second kappa shape index (κ2) is 5.75. The number of hydrogen-bond donors (Lipinski definition) is 0. The lowest BCUT2D eigenvalue weighted by molar-refractivity contribution is 0.345. The molecule has 0 bridgehead atoms. The molecule has 0 aliphatic heterocycles. The van der Waals surface area contributed by atoms with Gasteiger partial charge in [-0.2, -0.15) is 4.98 Å². The Morgan fingerprint density at radius 2 is 2.29 bits per heavy atom. The minimum absolute atomic E-state index is 0.545. The summed E-state index contributed by atoms with van der Waals surface area (Å²) in [6.07, 6.45) is 4.68. The predicted molar refractivity (Wildman–Crippen MR) is 59.4 cm³/mol. The van der Waals surface area contributed by atoms with Crippen LogP contribution in [-0.2, 0) is 6.42 Å². The molecular formula is C10H13BrN2O. The van der Waals surface area contributed by atoms with Crippen LogP contribution in [0.3, 0.4) is 0 Å². The molecule has 1 rings (SSSR count). The highest BCUT2D eigenvalue weighted by Gasteiger charge is 2.01. The lowest BCUT2D eigenvalue weighted by Gasteiger charge is -2.04. The number of ether oxygens (including phenoxy) is 1. The van der Waals surface area contributed by atoms with Crippen molar-refractivity contribution in [1.29, 1.82) is 0 Å². The Morgan fingerprint density at radius 3 is 2.93 bits per heavy atom. The predicted octanol–water partition coefficient (Wildman–Crippen LogP) is 2.76. The van der Waals surface area contributed by atoms with E-state index >= 15 is 0 Å². The van der Waals surface area contributed by atoms with Gasteiger partial charge in [0.2, 0.25) is 5.88 Å². The van der Waals surface area contributed by atoms with Crippen molar-refractivity contribution < 1.29 is 4.74 Å². The number of aromatic nitrogens is 2. The van der Waals surface area contributed by atoms with Crippen molar-refractivity contribution in [2.24, 2.45) is 0 Å². The van der Waals surface area contributed by atoms with Crippen LogP contribution in [0.1, 0.15) is 19.7 Å². The highest BCUT2D eigenvalue weighted by atomic mass is 79.9. The Hall–Kier alpha value is -0.900. The van der Waals surface area contributed by atoms with Gasteiger partial charge in [-0.05, 0) is 22.9 Å². The molecule has 1 aromatic heterocycles. The second-order valence-corrected chi connectivity index (χ2v) is 3.49. The maximum absolute atomic E-state index is 5.40. The molecule has 0 saturated heterocycles. The van der Waals surface area contributed by atoms with Crippen LogP contribution in [-0.4, -0.2) is 16.6 Å². The van der Waals surface area contributed by atoms with Crippen LogP contribution >= 0.6 is 15.9 Å². The summed E-state index contributed by atoms with van der Waals surface area (Å²) in [7, 11) is 0. The maximum Gasteiger partial charge on any atom is 0.218 e. The van der Waals surface area contributed by atoms with Crippen LogP contribution in [0.4, 0.5) is 0 Å². The van der Waals surface area contributed by atoms with E-state index in [0.29, 0.717) is 12.5 Å². The summed E-state index contributed by atoms with van der Waals surface area (Å²) in [5, 5.41) is 0. The Kier molecular flexibility index (Phi) is 4.59. The zero-order valence-electron chi connectivity index (χ0n) is 8.33. The first-order valence-electron chi connectivity index (χ1n) is 4.53. The quantitative estimate of drug-likeness (QED) is 0.614. The summed E-state index contributed by atoms with van der Waals surface area (Å²) >= 11 is 3.31. The Balaban J connectivity index is 2.71. The number of aryl methyl sites for hydroxylation is 1. The van der Waals surface area contributed by atoms with Gasteiger partial charge >= 0.3 is 0 Å². The molecule has 14 heavy (non-hydrogen) atoms. The smallest absolute Gasteiger partial charge is 0.218 e. The molecule has 0 spiro atoms. The number of nitrogens with zero attached hydrogens (tertiary/aromatic N) is 2. The normalized spacial score (nSPS) is 10.8. The van der Waals surface area contributed by atoms with Gasteiger partial charge in [0.15, 0.2) is 0 Å². The molecule has 1 aromatic rings. The Labute approximate surface area is 92.4 Å². The Bertz CT molecular complexity index is 326. The summed E-state index contributed by atoms with van der Waals surface area (Å²) in [6, 6.07) is 1.77. The number of rotatable bonds is 4. The number of allylic oxidation sites excluding steroid dienone is 1. The van der Waals surface area contributed by atoms with Crippen molar-refractivity contribution in [3.05, 3.63) is 28.6 Å². The highest BCUT2D eigenvalue weighted by molar-refractivity contribution is 9.10. The van der Waals surface area contributed by atoms with Gasteiger partial charge in [0.05, 0.1) is 0 Å². The maximum atomic E-state index is 5.40. The molecule has 0 aliphatic carbocycles. The van der Waals surface area contributed by atoms with Gasteiger partial charge in [-0.3, -0.25) is 0 Å². The minimum Gasteiger partial charge on any atom is -0.473 e. The number of hydrogen-bond acceptors (Lipinski definition) is 3. The van der Waals surface area contributed by atoms with Crippen LogP contribution in [0.25, 0.3) is 0 Å². The van der Waals surface area contributed by atoms with Crippen LogP contribution in [0.15, 0.2) is 22.8 Å². The third-order valence-corrected chi connectivity index (χ3v) is 2.00. The Morgan fingerprint density at radius 1 is 1.50 bits per heavy atom. The summed E-state index contributed by atoms with van der Waals surface area (Å²) in [5.41, 5.74) is 0. The van der Waals surface area contributed by atoms with E-state index in [1.165, 1.54) is 0 Å². The van der Waals surface area contributed by atoms with Crippen molar-refractivity contribution in [2.75, 3.05) is 6.61 Å². The topological polar surface area (TPSA) is 35.0 Å². The fraction of sp³-hybridized carbons (Fsp3) is 0.400. The first kappa shape index (κ1) is 11.2. The molecule has 0 unspecified atom stereocenters. The van der Waals surface area contributed by atoms with E-state index < -0.39 is 0 Å². The van der Waals surface area contributed by atoms with Gasteiger partial charge in [0, 0.05) is 12.5 Å². The van der Waals surface area contributed by atoms with Gasteiger partial charge in [0.1, 0.15) is 17.0 Å². The molecule has 0 fully saturated rings. The van der Waals surface area contributed by atoms with E-state index in [-0.39, 0.29) is 0 Å². The monoisotopic (exact) mass is 256 g/mol. The first-order valence-corrected chi connectivity index (χ1v) is 5.33. The summed E-state index contributed by atoms with van der Waals surface area (Å²) in [4.78, 5) is 8.41. The van der Waals surface area contributed by atoms with Crippen molar-refractivity contribution in [1.82, 2.24) is 9.97 Å². The van der Waals surface area contributed by atoms with Crippen LogP contribution in [0, 0.1) is 0 Å². The lowest BCUT2D eigenvalue weighted by Crippen LogP contribution is -2.00. The van der Waals surface area contributed by atoms with Crippen LogP contribution in [0.2, 0.25) is 0 Å². The van der Waals surface area contributed by atoms with Crippen molar-refractivity contribution in [3.8, 4) is 5.88 Å². The van der Waals surface area contributed by atoms with E-state index in [1.807, 2.05) is 26.0 Å². The number of halogens is 1. The molecule has 76 valence electrons. The van der Waals surface area contributed by atoms with E-state index in [4.69, 9.17) is 4.74 Å². The third kappa shape index (κ3) is 3.46. The molecule has 0 atom stereocenters. The summed E-state index contributed by atoms with van der Waals surface area (Å²) in [6.45, 7) is 4.51. The van der Waals surface area contributed by atoms with Crippen molar-refractivity contribution >= 4 is 15.9 Å². The molecular weight excluding hydrogens is 244 g/mol. The summed E-state index contributed by atoms with van der Waals surface area (Å²) in [5.74, 6) is 1.40. The summed E-state index contributed by atoms with van der Waals surface area (Å²) < 4.78 is 6.17. The highest BCUT2D eigenvalue weighted by Crippen LogP contribution is 2.14. The molecule has 3 nitrogen and oxygen atoms in total. The zero-order valence-corrected chi connectivity index (χ0v) is 9.91. The first-order chi connectivity index (χ1) is 6.76. The van der Waals surface area contributed by atoms with Gasteiger partial charge in [0.25, 0.3) is 0 Å². The van der Waals surface area contributed by atoms with E-state index in [2.05, 4.69) is 25.9 Å². The van der Waals surface area contributed by atoms with Crippen molar-refractivity contribution in [2.45, 2.75) is 20.3 Å². The second-order valence-electron chi connectivity index (χ2n) is 2.68. The molecule has 0 radical (unpaired) electrons. The standard InChI is InChI=1S/C10H13BrN2O/c1-3-5-6-14-10-7-8(11)12-9(4-2)13-10/h3,5,7H,4,6H2,1-2H3/b5-3+. The fourth-order valence-corrected chi connectivity index (χ4v) is 1.30. The molecule has 4 heteroatoms. The SMILES string of the molecule is C/C=C/COc1cc(Br)nc(CC)n1. The van der Waals surface area contributed by atoms with E-state index in [9.17, 15) is 0 Å². The minimum atomic E-state index is 0.545. The fourth-order valence-electron chi connectivity index (χ4n) is 0.904. The van der Waals surface area contributed by atoms with Crippen LogP contribution in [0.5, 0.6) is 5.88 Å². The molecule has 1 heterocycles. The third-order valence-electron chi connectivity index (χ3n) is 1.60. The van der Waals surface area contributed by atoms with Gasteiger partial charge in [-0.1, -0.05) is 19.1 Å². The molecule has 0 saturated carbocycles. The van der Waals surface area contributed by atoms with Crippen LogP contribution < -0.4 is 4.74 Å². The van der Waals surface area contributed by atoms with E-state index in [1.54, 1.807) is 6.07 Å². The van der Waals surface area contributed by atoms with E-state index in [0.717, 1.165) is 16.8 Å². The average Bonchev–Trinajstić information content (AvgIpc) is 2.17. The molecule has 0 aliphatic rings. The van der Waals surface area contributed by atoms with Gasteiger partial charge in [-0.15, -0.1) is 0 Å². The lowest BCUT2D eigenvalue weighted by atomic mass is 10.4. The molecule has 0 amide bonds. The molecule has 0 N–H and O–H groups in total. The molecule has 0 aromatic carbocycles. The average molecular weight is 257 g/mol. The van der Waals surface area contributed by atoms with Gasteiger partial charge in [-0.25, -0.2) is 4.98 Å². The van der Waals surface area contributed by atoms with Gasteiger partial charge < -0.3 is 4.74 Å². The largest absolute Gasteiger partial charge is 0.473 e. The zero-order chi connectivity index (χ0) is 10.4.